The molecular weight excluding hydrogens is 224 g/mol. The van der Waals surface area contributed by atoms with E-state index in [2.05, 4.69) is 4.72 Å². The summed E-state index contributed by atoms with van der Waals surface area (Å²) in [5, 5.41) is -0.338. The minimum absolute atomic E-state index is 0.148. The summed E-state index contributed by atoms with van der Waals surface area (Å²) in [4.78, 5) is 0. The van der Waals surface area contributed by atoms with E-state index in [1.807, 2.05) is 0 Å². The van der Waals surface area contributed by atoms with Gasteiger partial charge in [0, 0.05) is 12.1 Å². The molecule has 5 heteroatoms. The van der Waals surface area contributed by atoms with E-state index in [-0.39, 0.29) is 11.3 Å². The number of nitrogens with two attached hydrogens (primary N) is 1. The lowest BCUT2D eigenvalue weighted by atomic mass is 10.0. The molecule has 0 spiro atoms. The fourth-order valence-electron chi connectivity index (χ4n) is 3.13. The van der Waals surface area contributed by atoms with Gasteiger partial charge in [-0.2, -0.15) is 0 Å². The zero-order valence-electron chi connectivity index (χ0n) is 10.0. The smallest absolute Gasteiger partial charge is 0.214 e. The fourth-order valence-corrected chi connectivity index (χ4v) is 4.06. The number of hydrogen-bond acceptors (Lipinski definition) is 3. The van der Waals surface area contributed by atoms with Crippen molar-refractivity contribution in [2.45, 2.75) is 56.9 Å². The van der Waals surface area contributed by atoms with Crippen LogP contribution in [-0.4, -0.2) is 25.8 Å². The van der Waals surface area contributed by atoms with E-state index in [1.165, 1.54) is 0 Å². The Hall–Kier alpha value is -0.130. The van der Waals surface area contributed by atoms with Crippen LogP contribution in [0.2, 0.25) is 0 Å². The predicted octanol–water partition coefficient (Wildman–Crippen LogP) is 0.830. The Labute approximate surface area is 98.0 Å². The molecule has 2 fully saturated rings. The van der Waals surface area contributed by atoms with Crippen LogP contribution in [0.5, 0.6) is 0 Å². The number of rotatable bonds is 3. The lowest BCUT2D eigenvalue weighted by Crippen LogP contribution is -2.38. The summed E-state index contributed by atoms with van der Waals surface area (Å²) in [5.41, 5.74) is 5.91. The predicted molar refractivity (Wildman–Crippen MR) is 64.4 cm³/mol. The summed E-state index contributed by atoms with van der Waals surface area (Å²) >= 11 is 0. The first-order valence-electron chi connectivity index (χ1n) is 6.15. The Morgan fingerprint density at radius 2 is 1.62 bits per heavy atom. The maximum absolute atomic E-state index is 11.7. The highest BCUT2D eigenvalue weighted by atomic mass is 32.2. The second kappa shape index (κ2) is 4.27. The van der Waals surface area contributed by atoms with E-state index in [4.69, 9.17) is 5.73 Å². The second-order valence-corrected chi connectivity index (χ2v) is 7.90. The molecule has 2 rings (SSSR count). The molecule has 2 aliphatic rings. The third-order valence-corrected chi connectivity index (χ3v) is 5.91. The van der Waals surface area contributed by atoms with Crippen molar-refractivity contribution in [3.63, 3.8) is 0 Å². The van der Waals surface area contributed by atoms with Crippen LogP contribution in [0.4, 0.5) is 0 Å². The molecule has 0 bridgehead atoms. The van der Waals surface area contributed by atoms with Crippen molar-refractivity contribution in [2.75, 3.05) is 0 Å². The first kappa shape index (κ1) is 12.3. The van der Waals surface area contributed by atoms with Crippen LogP contribution in [0.3, 0.4) is 0 Å². The molecule has 0 aliphatic heterocycles. The van der Waals surface area contributed by atoms with Crippen molar-refractivity contribution >= 4 is 10.0 Å². The monoisotopic (exact) mass is 246 g/mol. The van der Waals surface area contributed by atoms with Crippen LogP contribution >= 0.6 is 0 Å². The average molecular weight is 246 g/mol. The number of sulfonamides is 1. The largest absolute Gasteiger partial charge is 0.328 e. The van der Waals surface area contributed by atoms with Gasteiger partial charge >= 0.3 is 0 Å². The fraction of sp³-hybridized carbons (Fsp3) is 1.00. The molecule has 3 N–H and O–H groups in total. The summed E-state index contributed by atoms with van der Waals surface area (Å²) < 4.78 is 26.3. The lowest BCUT2D eigenvalue weighted by molar-refractivity contribution is 0.457. The van der Waals surface area contributed by atoms with Gasteiger partial charge in [0.1, 0.15) is 0 Å². The first-order chi connectivity index (χ1) is 7.38. The molecule has 2 unspecified atom stereocenters. The standard InChI is InChI=1S/C11H22N2O2S/c1-7(2)16(14,15)13-11-5-8-3-10(12)4-9(8)6-11/h7-11,13H,3-6,12H2,1-2H3. The Kier molecular flexibility index (Phi) is 3.29. The van der Waals surface area contributed by atoms with E-state index in [9.17, 15) is 8.42 Å². The molecule has 16 heavy (non-hydrogen) atoms. The molecule has 0 heterocycles. The Morgan fingerprint density at radius 1 is 1.12 bits per heavy atom. The molecule has 2 aliphatic carbocycles. The number of hydrogen-bond donors (Lipinski definition) is 2. The summed E-state index contributed by atoms with van der Waals surface area (Å²) in [6.07, 6.45) is 4.10. The van der Waals surface area contributed by atoms with Gasteiger partial charge in [0.05, 0.1) is 5.25 Å². The normalized spacial score (nSPS) is 39.2. The molecule has 0 aromatic rings. The molecule has 4 nitrogen and oxygen atoms in total. The molecule has 0 amide bonds. The Morgan fingerprint density at radius 3 is 2.06 bits per heavy atom. The van der Waals surface area contributed by atoms with Crippen molar-refractivity contribution in [1.82, 2.24) is 4.72 Å². The van der Waals surface area contributed by atoms with E-state index >= 15 is 0 Å². The summed E-state index contributed by atoms with van der Waals surface area (Å²) in [5.74, 6) is 1.30. The second-order valence-electron chi connectivity index (χ2n) is 5.63. The summed E-state index contributed by atoms with van der Waals surface area (Å²) in [7, 11) is -3.11. The molecule has 94 valence electrons. The minimum atomic E-state index is -3.11. The molecule has 0 aromatic heterocycles. The highest BCUT2D eigenvalue weighted by Crippen LogP contribution is 2.43. The van der Waals surface area contributed by atoms with Crippen LogP contribution in [-0.2, 0) is 10.0 Å². The molecular formula is C11H22N2O2S. The van der Waals surface area contributed by atoms with Gasteiger partial charge in [0.2, 0.25) is 10.0 Å². The zero-order chi connectivity index (χ0) is 11.9. The molecule has 0 aromatic carbocycles. The quantitative estimate of drug-likeness (QED) is 0.775. The van der Waals surface area contributed by atoms with Crippen LogP contribution < -0.4 is 10.5 Å². The maximum atomic E-state index is 11.7. The van der Waals surface area contributed by atoms with Crippen molar-refractivity contribution < 1.29 is 8.42 Å². The van der Waals surface area contributed by atoms with Gasteiger partial charge < -0.3 is 5.73 Å². The van der Waals surface area contributed by atoms with Gasteiger partial charge in [0.25, 0.3) is 0 Å². The third-order valence-electron chi connectivity index (χ3n) is 4.00. The van der Waals surface area contributed by atoms with Crippen LogP contribution in [0.1, 0.15) is 39.5 Å². The van der Waals surface area contributed by atoms with Gasteiger partial charge in [-0.05, 0) is 51.4 Å². The molecule has 2 saturated carbocycles. The average Bonchev–Trinajstić information content (AvgIpc) is 2.59. The van der Waals surface area contributed by atoms with Gasteiger partial charge in [-0.25, -0.2) is 13.1 Å². The minimum Gasteiger partial charge on any atom is -0.328 e. The third kappa shape index (κ3) is 2.41. The van der Waals surface area contributed by atoms with Crippen LogP contribution in [0.15, 0.2) is 0 Å². The molecule has 0 saturated heterocycles. The SMILES string of the molecule is CC(C)S(=O)(=O)NC1CC2CC(N)CC2C1. The highest BCUT2D eigenvalue weighted by Gasteiger charge is 2.41. The van der Waals surface area contributed by atoms with Gasteiger partial charge in [-0.3, -0.25) is 0 Å². The van der Waals surface area contributed by atoms with Gasteiger partial charge in [-0.1, -0.05) is 0 Å². The summed E-state index contributed by atoms with van der Waals surface area (Å²) in [6, 6.07) is 0.493. The topological polar surface area (TPSA) is 72.2 Å². The van der Waals surface area contributed by atoms with Gasteiger partial charge in [-0.15, -0.1) is 0 Å². The molecule has 2 atom stereocenters. The van der Waals surface area contributed by atoms with Crippen molar-refractivity contribution in [2.24, 2.45) is 17.6 Å². The number of fused-ring (bicyclic) bond motifs is 1. The first-order valence-corrected chi connectivity index (χ1v) is 7.70. The van der Waals surface area contributed by atoms with Crippen LogP contribution in [0.25, 0.3) is 0 Å². The van der Waals surface area contributed by atoms with Crippen molar-refractivity contribution in [3.05, 3.63) is 0 Å². The highest BCUT2D eigenvalue weighted by molar-refractivity contribution is 7.90. The molecule has 0 radical (unpaired) electrons. The maximum Gasteiger partial charge on any atom is 0.214 e. The Bertz CT molecular complexity index is 339. The zero-order valence-corrected chi connectivity index (χ0v) is 10.8. The van der Waals surface area contributed by atoms with Crippen LogP contribution in [0, 0.1) is 11.8 Å². The number of nitrogens with one attached hydrogen (secondary N) is 1. The Balaban J connectivity index is 1.92. The van der Waals surface area contributed by atoms with E-state index < -0.39 is 10.0 Å². The van der Waals surface area contributed by atoms with E-state index in [0.717, 1.165) is 25.7 Å². The lowest BCUT2D eigenvalue weighted by Gasteiger charge is -2.16. The van der Waals surface area contributed by atoms with Crippen molar-refractivity contribution in [3.8, 4) is 0 Å². The van der Waals surface area contributed by atoms with E-state index in [1.54, 1.807) is 13.8 Å². The van der Waals surface area contributed by atoms with E-state index in [0.29, 0.717) is 17.9 Å². The van der Waals surface area contributed by atoms with Crippen molar-refractivity contribution in [1.29, 1.82) is 0 Å². The summed E-state index contributed by atoms with van der Waals surface area (Å²) in [6.45, 7) is 3.43. The van der Waals surface area contributed by atoms with Gasteiger partial charge in [0.15, 0.2) is 0 Å².